The highest BCUT2D eigenvalue weighted by Crippen LogP contribution is 2.29. The number of hydrogen-bond donors (Lipinski definition) is 2. The van der Waals surface area contributed by atoms with Crippen LogP contribution < -0.4 is 11.1 Å². The molecule has 4 nitrogen and oxygen atoms in total. The molecule has 0 saturated carbocycles. The third kappa shape index (κ3) is 2.82. The molecule has 0 aliphatic heterocycles. The molecule has 1 rings (SSSR count). The van der Waals surface area contributed by atoms with Gasteiger partial charge < -0.3 is 11.1 Å². The van der Waals surface area contributed by atoms with Crippen molar-refractivity contribution in [3.05, 3.63) is 23.9 Å². The molecule has 0 atom stereocenters. The van der Waals surface area contributed by atoms with Crippen LogP contribution in [0.1, 0.15) is 33.3 Å². The zero-order valence-electron chi connectivity index (χ0n) is 11.2. The van der Waals surface area contributed by atoms with E-state index in [1.54, 1.807) is 6.20 Å². The van der Waals surface area contributed by atoms with Crippen LogP contribution in [-0.2, 0) is 4.79 Å². The average Bonchev–Trinajstić information content (AvgIpc) is 2.19. The molecule has 0 spiro atoms. The Bertz CT molecular complexity index is 419. The van der Waals surface area contributed by atoms with E-state index in [4.69, 9.17) is 5.73 Å². The maximum atomic E-state index is 12.2. The molecule has 0 saturated heterocycles. The van der Waals surface area contributed by atoms with Crippen molar-refractivity contribution in [3.8, 4) is 0 Å². The molecule has 17 heavy (non-hydrogen) atoms. The fraction of sp³-hybridized carbons (Fsp3) is 0.538. The average molecular weight is 235 g/mol. The minimum absolute atomic E-state index is 0.119. The summed E-state index contributed by atoms with van der Waals surface area (Å²) in [5.41, 5.74) is 5.69. The third-order valence-corrected chi connectivity index (χ3v) is 3.42. The van der Waals surface area contributed by atoms with Crippen LogP contribution >= 0.6 is 0 Å². The van der Waals surface area contributed by atoms with Gasteiger partial charge in [-0.2, -0.15) is 0 Å². The minimum Gasteiger partial charge on any atom is -0.325 e. The first-order chi connectivity index (χ1) is 7.66. The molecule has 0 aliphatic rings. The molecule has 3 N–H and O–H groups in total. The van der Waals surface area contributed by atoms with Crippen LogP contribution in [0.3, 0.4) is 0 Å². The molecule has 0 unspecified atom stereocenters. The smallest absolute Gasteiger partial charge is 0.233 e. The summed E-state index contributed by atoms with van der Waals surface area (Å²) in [7, 11) is 0. The van der Waals surface area contributed by atoms with Crippen molar-refractivity contribution in [1.29, 1.82) is 0 Å². The van der Waals surface area contributed by atoms with E-state index >= 15 is 0 Å². The van der Waals surface area contributed by atoms with E-state index in [-0.39, 0.29) is 5.91 Å². The van der Waals surface area contributed by atoms with Gasteiger partial charge in [0.25, 0.3) is 0 Å². The van der Waals surface area contributed by atoms with E-state index in [0.29, 0.717) is 5.82 Å². The fourth-order valence-electron chi connectivity index (χ4n) is 1.17. The third-order valence-electron chi connectivity index (χ3n) is 3.42. The molecule has 0 aromatic carbocycles. The van der Waals surface area contributed by atoms with Crippen molar-refractivity contribution in [3.63, 3.8) is 0 Å². The number of nitrogens with zero attached hydrogens (tertiary/aromatic N) is 1. The van der Waals surface area contributed by atoms with E-state index in [1.165, 1.54) is 0 Å². The van der Waals surface area contributed by atoms with E-state index in [9.17, 15) is 4.79 Å². The number of amides is 1. The molecule has 0 bridgehead atoms. The Hall–Kier alpha value is -1.42. The minimum atomic E-state index is -0.670. The molecule has 1 aromatic heterocycles. The van der Waals surface area contributed by atoms with Crippen molar-refractivity contribution < 1.29 is 4.79 Å². The van der Waals surface area contributed by atoms with Crippen LogP contribution in [0, 0.1) is 12.3 Å². The predicted molar refractivity (Wildman–Crippen MR) is 69.7 cm³/mol. The Morgan fingerprint density at radius 2 is 1.94 bits per heavy atom. The maximum absolute atomic E-state index is 12.2. The monoisotopic (exact) mass is 235 g/mol. The number of hydrogen-bond acceptors (Lipinski definition) is 3. The summed E-state index contributed by atoms with van der Waals surface area (Å²) in [6.07, 6.45) is 1.66. The van der Waals surface area contributed by atoms with Gasteiger partial charge in [0.1, 0.15) is 5.82 Å². The van der Waals surface area contributed by atoms with E-state index in [0.717, 1.165) is 5.56 Å². The highest BCUT2D eigenvalue weighted by atomic mass is 16.2. The Morgan fingerprint density at radius 1 is 1.35 bits per heavy atom. The molecule has 1 amide bonds. The summed E-state index contributed by atoms with van der Waals surface area (Å²) in [4.78, 5) is 16.3. The number of pyridine rings is 1. The number of nitrogens with one attached hydrogen (secondary N) is 1. The van der Waals surface area contributed by atoms with Crippen molar-refractivity contribution in [2.24, 2.45) is 11.1 Å². The summed E-state index contributed by atoms with van der Waals surface area (Å²) < 4.78 is 0. The van der Waals surface area contributed by atoms with Gasteiger partial charge >= 0.3 is 0 Å². The van der Waals surface area contributed by atoms with Gasteiger partial charge in [0.2, 0.25) is 5.91 Å². The molecule has 4 heteroatoms. The molecule has 94 valence electrons. The van der Waals surface area contributed by atoms with Gasteiger partial charge in [0.15, 0.2) is 0 Å². The Labute approximate surface area is 103 Å². The summed E-state index contributed by atoms with van der Waals surface area (Å²) in [6, 6.07) is 3.74. The van der Waals surface area contributed by atoms with Crippen LogP contribution in [-0.4, -0.2) is 16.4 Å². The second kappa shape index (κ2) is 4.45. The van der Waals surface area contributed by atoms with Gasteiger partial charge in [0, 0.05) is 11.7 Å². The lowest BCUT2D eigenvalue weighted by molar-refractivity contribution is -0.126. The summed E-state index contributed by atoms with van der Waals surface area (Å²) in [6.45, 7) is 9.26. The lowest BCUT2D eigenvalue weighted by Crippen LogP contribution is -2.53. The lowest BCUT2D eigenvalue weighted by atomic mass is 9.74. The molecule has 0 fully saturated rings. The Kier molecular flexibility index (Phi) is 3.57. The van der Waals surface area contributed by atoms with Crippen molar-refractivity contribution in [1.82, 2.24) is 4.98 Å². The predicted octanol–water partition coefficient (Wildman–Crippen LogP) is 2.09. The van der Waals surface area contributed by atoms with E-state index < -0.39 is 11.0 Å². The van der Waals surface area contributed by atoms with Crippen molar-refractivity contribution in [2.45, 2.75) is 40.2 Å². The molecule has 1 heterocycles. The van der Waals surface area contributed by atoms with Crippen molar-refractivity contribution >= 4 is 11.7 Å². The largest absolute Gasteiger partial charge is 0.325 e. The first-order valence-corrected chi connectivity index (χ1v) is 5.68. The van der Waals surface area contributed by atoms with Gasteiger partial charge in [-0.15, -0.1) is 0 Å². The van der Waals surface area contributed by atoms with E-state index in [2.05, 4.69) is 10.3 Å². The molecule has 1 aromatic rings. The summed E-state index contributed by atoms with van der Waals surface area (Å²) in [5, 5.41) is 2.83. The molecule has 0 aliphatic carbocycles. The molecule has 0 radical (unpaired) electrons. The number of nitrogens with two attached hydrogens (primary N) is 1. The number of aryl methyl sites for hydroxylation is 1. The maximum Gasteiger partial charge on any atom is 0.233 e. The normalized spacial score (nSPS) is 12.4. The highest BCUT2D eigenvalue weighted by molar-refractivity contribution is 5.95. The second-order valence-electron chi connectivity index (χ2n) is 5.47. The van der Waals surface area contributed by atoms with Crippen LogP contribution in [0.2, 0.25) is 0 Å². The number of rotatable bonds is 3. The number of aromatic nitrogens is 1. The zero-order chi connectivity index (χ0) is 13.3. The second-order valence-corrected chi connectivity index (χ2v) is 5.47. The lowest BCUT2D eigenvalue weighted by Gasteiger charge is -2.36. The van der Waals surface area contributed by atoms with Crippen molar-refractivity contribution in [2.75, 3.05) is 5.32 Å². The molecular formula is C13H21N3O. The highest BCUT2D eigenvalue weighted by Gasteiger charge is 2.40. The Balaban J connectivity index is 2.91. The quantitative estimate of drug-likeness (QED) is 0.843. The zero-order valence-corrected chi connectivity index (χ0v) is 11.2. The number of carbonyl (C=O) groups is 1. The standard InChI is InChI=1S/C13H21N3O/c1-9-7-6-8-15-10(9)16-11(17)12(2,3)13(4,5)14/h6-8H,14H2,1-5H3,(H,15,16,17). The van der Waals surface area contributed by atoms with Gasteiger partial charge in [-0.25, -0.2) is 4.98 Å². The van der Waals surface area contributed by atoms with Gasteiger partial charge in [-0.1, -0.05) is 6.07 Å². The number of anilines is 1. The molecular weight excluding hydrogens is 214 g/mol. The Morgan fingerprint density at radius 3 is 2.41 bits per heavy atom. The fourth-order valence-corrected chi connectivity index (χ4v) is 1.17. The number of carbonyl (C=O) groups excluding carboxylic acids is 1. The van der Waals surface area contributed by atoms with E-state index in [1.807, 2.05) is 46.8 Å². The van der Waals surface area contributed by atoms with Gasteiger partial charge in [0.05, 0.1) is 5.41 Å². The SMILES string of the molecule is Cc1cccnc1NC(=O)C(C)(C)C(C)(C)N. The summed E-state index contributed by atoms with van der Waals surface area (Å²) in [5.74, 6) is 0.474. The first kappa shape index (κ1) is 13.6. The van der Waals surface area contributed by atoms with Crippen LogP contribution in [0.4, 0.5) is 5.82 Å². The van der Waals surface area contributed by atoms with Crippen LogP contribution in [0.5, 0.6) is 0 Å². The summed E-state index contributed by atoms with van der Waals surface area (Å²) >= 11 is 0. The van der Waals surface area contributed by atoms with Crippen LogP contribution in [0.25, 0.3) is 0 Å². The van der Waals surface area contributed by atoms with Crippen LogP contribution in [0.15, 0.2) is 18.3 Å². The topological polar surface area (TPSA) is 68.0 Å². The first-order valence-electron chi connectivity index (χ1n) is 5.68. The van der Waals surface area contributed by atoms with Gasteiger partial charge in [-0.3, -0.25) is 4.79 Å². The van der Waals surface area contributed by atoms with Gasteiger partial charge in [-0.05, 0) is 46.2 Å².